The van der Waals surface area contributed by atoms with Crippen LogP contribution in [0.2, 0.25) is 0 Å². The van der Waals surface area contributed by atoms with E-state index in [1.165, 1.54) is 6.92 Å². The number of hydrogen-bond donors (Lipinski definition) is 1. The highest BCUT2D eigenvalue weighted by atomic mass is 16.5. The normalized spacial score (nSPS) is 13.7. The Bertz CT molecular complexity index is 933. The summed E-state index contributed by atoms with van der Waals surface area (Å²) >= 11 is 0. The molecule has 0 bridgehead atoms. The molecule has 0 saturated heterocycles. The second kappa shape index (κ2) is 9.35. The molecule has 1 N–H and O–H groups in total. The van der Waals surface area contributed by atoms with Crippen molar-refractivity contribution in [2.24, 2.45) is 0 Å². The summed E-state index contributed by atoms with van der Waals surface area (Å²) in [6.45, 7) is 3.66. The molecule has 0 aromatic heterocycles. The number of aryl methyl sites for hydroxylation is 1. The number of rotatable bonds is 8. The molecule has 2 aromatic carbocycles. The number of nitrogens with zero attached hydrogens (tertiary/aromatic N) is 1. The molecule has 0 unspecified atom stereocenters. The first kappa shape index (κ1) is 21.2. The minimum atomic E-state index is -0.956. The van der Waals surface area contributed by atoms with Crippen LogP contribution < -0.4 is 5.32 Å². The van der Waals surface area contributed by atoms with Gasteiger partial charge in [-0.1, -0.05) is 31.2 Å². The standard InChI is InChI=1S/C23H24N2O5/c1-3-16-10-12-17(13-11-16)24-21(27)15(2)30-20(26)9-6-14-25-22(28)18-7-4-5-8-19(18)23(25)29/h4-5,7-8,10-13,15H,3,6,9,14H2,1-2H3,(H,24,27)/t15-/m1/s1. The number of benzene rings is 2. The number of amides is 3. The molecular weight excluding hydrogens is 384 g/mol. The first-order valence-electron chi connectivity index (χ1n) is 9.95. The second-order valence-corrected chi connectivity index (χ2v) is 7.08. The monoisotopic (exact) mass is 408 g/mol. The fourth-order valence-electron chi connectivity index (χ4n) is 3.20. The molecule has 30 heavy (non-hydrogen) atoms. The zero-order chi connectivity index (χ0) is 21.7. The van der Waals surface area contributed by atoms with E-state index in [1.54, 1.807) is 36.4 Å². The van der Waals surface area contributed by atoms with Gasteiger partial charge in [-0.05, 0) is 49.6 Å². The SMILES string of the molecule is CCc1ccc(NC(=O)[C@@H](C)OC(=O)CCCN2C(=O)c3ccccc3C2=O)cc1. The van der Waals surface area contributed by atoms with Gasteiger partial charge >= 0.3 is 5.97 Å². The average Bonchev–Trinajstić information content (AvgIpc) is 2.99. The van der Waals surface area contributed by atoms with Crippen LogP contribution in [-0.2, 0) is 20.7 Å². The van der Waals surface area contributed by atoms with Crippen LogP contribution in [0, 0.1) is 0 Å². The molecular formula is C23H24N2O5. The molecule has 156 valence electrons. The molecule has 1 heterocycles. The van der Waals surface area contributed by atoms with Crippen LogP contribution in [0.25, 0.3) is 0 Å². The van der Waals surface area contributed by atoms with Crippen LogP contribution in [0.3, 0.4) is 0 Å². The van der Waals surface area contributed by atoms with Gasteiger partial charge in [-0.3, -0.25) is 24.1 Å². The van der Waals surface area contributed by atoms with E-state index in [1.807, 2.05) is 19.1 Å². The van der Waals surface area contributed by atoms with Crippen LogP contribution >= 0.6 is 0 Å². The fourth-order valence-corrected chi connectivity index (χ4v) is 3.20. The van der Waals surface area contributed by atoms with Gasteiger partial charge in [0.2, 0.25) is 0 Å². The summed E-state index contributed by atoms with van der Waals surface area (Å²) in [6.07, 6.45) is 0.207. The third-order valence-electron chi connectivity index (χ3n) is 4.95. The van der Waals surface area contributed by atoms with E-state index in [9.17, 15) is 19.2 Å². The lowest BCUT2D eigenvalue weighted by Gasteiger charge is -2.15. The largest absolute Gasteiger partial charge is 0.453 e. The number of imide groups is 1. The van der Waals surface area contributed by atoms with E-state index in [0.717, 1.165) is 16.9 Å². The minimum Gasteiger partial charge on any atom is -0.453 e. The maximum atomic E-state index is 12.3. The summed E-state index contributed by atoms with van der Waals surface area (Å²) in [5.74, 6) is -1.69. The van der Waals surface area contributed by atoms with Crippen LogP contribution in [0.5, 0.6) is 0 Å². The van der Waals surface area contributed by atoms with E-state index >= 15 is 0 Å². The third-order valence-corrected chi connectivity index (χ3v) is 4.95. The first-order valence-corrected chi connectivity index (χ1v) is 9.95. The van der Waals surface area contributed by atoms with Crippen molar-refractivity contribution in [3.63, 3.8) is 0 Å². The lowest BCUT2D eigenvalue weighted by atomic mass is 10.1. The van der Waals surface area contributed by atoms with Gasteiger partial charge in [0, 0.05) is 18.7 Å². The lowest BCUT2D eigenvalue weighted by molar-refractivity contribution is -0.153. The summed E-state index contributed by atoms with van der Waals surface area (Å²) in [7, 11) is 0. The Morgan fingerprint density at radius 3 is 2.17 bits per heavy atom. The Hall–Kier alpha value is -3.48. The highest BCUT2D eigenvalue weighted by molar-refractivity contribution is 6.21. The van der Waals surface area contributed by atoms with Crippen LogP contribution in [0.15, 0.2) is 48.5 Å². The molecule has 1 aliphatic heterocycles. The van der Waals surface area contributed by atoms with Crippen molar-refractivity contribution in [3.05, 3.63) is 65.2 Å². The smallest absolute Gasteiger partial charge is 0.306 e. The maximum Gasteiger partial charge on any atom is 0.306 e. The molecule has 7 heteroatoms. The van der Waals surface area contributed by atoms with Gasteiger partial charge < -0.3 is 10.1 Å². The van der Waals surface area contributed by atoms with Crippen molar-refractivity contribution in [2.75, 3.05) is 11.9 Å². The van der Waals surface area contributed by atoms with Gasteiger partial charge in [-0.25, -0.2) is 0 Å². The molecule has 0 fully saturated rings. The predicted octanol–water partition coefficient (Wildman–Crippen LogP) is 3.20. The molecule has 1 atom stereocenters. The number of carbonyl (C=O) groups excluding carboxylic acids is 4. The Balaban J connectivity index is 1.43. The van der Waals surface area contributed by atoms with Gasteiger partial charge in [0.15, 0.2) is 6.10 Å². The highest BCUT2D eigenvalue weighted by Crippen LogP contribution is 2.22. The van der Waals surface area contributed by atoms with E-state index in [4.69, 9.17) is 4.74 Å². The van der Waals surface area contributed by atoms with Crippen molar-refractivity contribution in [3.8, 4) is 0 Å². The van der Waals surface area contributed by atoms with Gasteiger partial charge in [-0.15, -0.1) is 0 Å². The third kappa shape index (κ3) is 4.74. The van der Waals surface area contributed by atoms with Crippen LogP contribution in [-0.4, -0.2) is 41.2 Å². The zero-order valence-corrected chi connectivity index (χ0v) is 17.0. The van der Waals surface area contributed by atoms with E-state index in [2.05, 4.69) is 5.32 Å². The predicted molar refractivity (Wildman–Crippen MR) is 111 cm³/mol. The summed E-state index contributed by atoms with van der Waals surface area (Å²) < 4.78 is 5.17. The van der Waals surface area contributed by atoms with Crippen molar-refractivity contribution < 1.29 is 23.9 Å². The number of ether oxygens (including phenoxy) is 1. The summed E-state index contributed by atoms with van der Waals surface area (Å²) in [4.78, 5) is 50.0. The molecule has 2 aromatic rings. The molecule has 3 rings (SSSR count). The number of esters is 1. The minimum absolute atomic E-state index is 0.00375. The summed E-state index contributed by atoms with van der Waals surface area (Å²) in [5.41, 5.74) is 2.54. The molecule has 0 radical (unpaired) electrons. The van der Waals surface area contributed by atoms with Crippen molar-refractivity contribution in [2.45, 2.75) is 39.2 Å². The van der Waals surface area contributed by atoms with Gasteiger partial charge in [0.1, 0.15) is 0 Å². The lowest BCUT2D eigenvalue weighted by Crippen LogP contribution is -2.32. The van der Waals surface area contributed by atoms with Gasteiger partial charge in [0.05, 0.1) is 11.1 Å². The highest BCUT2D eigenvalue weighted by Gasteiger charge is 2.34. The Morgan fingerprint density at radius 1 is 1.00 bits per heavy atom. The van der Waals surface area contributed by atoms with Crippen LogP contribution in [0.1, 0.15) is 53.0 Å². The number of nitrogens with one attached hydrogen (secondary N) is 1. The zero-order valence-electron chi connectivity index (χ0n) is 17.0. The average molecular weight is 408 g/mol. The fraction of sp³-hybridized carbons (Fsp3) is 0.304. The summed E-state index contributed by atoms with van der Waals surface area (Å²) in [5, 5.41) is 2.71. The van der Waals surface area contributed by atoms with E-state index in [-0.39, 0.29) is 31.2 Å². The molecule has 3 amide bonds. The number of hydrogen-bond acceptors (Lipinski definition) is 5. The topological polar surface area (TPSA) is 92.8 Å². The van der Waals surface area contributed by atoms with Gasteiger partial charge in [0.25, 0.3) is 17.7 Å². The molecule has 0 spiro atoms. The molecule has 0 aliphatic carbocycles. The maximum absolute atomic E-state index is 12.3. The van der Waals surface area contributed by atoms with Crippen molar-refractivity contribution in [1.82, 2.24) is 4.90 Å². The molecule has 7 nitrogen and oxygen atoms in total. The number of fused-ring (bicyclic) bond motifs is 1. The Kier molecular flexibility index (Phi) is 6.61. The molecule has 1 aliphatic rings. The molecule has 0 saturated carbocycles. The van der Waals surface area contributed by atoms with E-state index < -0.39 is 18.0 Å². The number of anilines is 1. The van der Waals surface area contributed by atoms with Gasteiger partial charge in [-0.2, -0.15) is 0 Å². The second-order valence-electron chi connectivity index (χ2n) is 7.08. The number of carbonyl (C=O) groups is 4. The first-order chi connectivity index (χ1) is 14.4. The quantitative estimate of drug-likeness (QED) is 0.535. The van der Waals surface area contributed by atoms with E-state index in [0.29, 0.717) is 16.8 Å². The van der Waals surface area contributed by atoms with Crippen molar-refractivity contribution >= 4 is 29.4 Å². The Labute approximate surface area is 175 Å². The Morgan fingerprint density at radius 2 is 1.60 bits per heavy atom. The summed E-state index contributed by atoms with van der Waals surface area (Å²) in [6, 6.07) is 14.1. The van der Waals surface area contributed by atoms with Crippen LogP contribution in [0.4, 0.5) is 5.69 Å². The van der Waals surface area contributed by atoms with Crippen molar-refractivity contribution in [1.29, 1.82) is 0 Å².